The lowest BCUT2D eigenvalue weighted by molar-refractivity contribution is 1.72. The van der Waals surface area contributed by atoms with E-state index >= 15 is 0 Å². The van der Waals surface area contributed by atoms with Gasteiger partial charge in [0.05, 0.1) is 0 Å². The molecule has 0 nitrogen and oxygen atoms in total. The minimum Gasteiger partial charge on any atom is -0.106 e. The summed E-state index contributed by atoms with van der Waals surface area (Å²) in [6.45, 7) is 6.00. The molecule has 0 atom stereocenters. The summed E-state index contributed by atoms with van der Waals surface area (Å²) in [5.41, 5.74) is 0. The number of rotatable bonds is 0. The zero-order valence-electron chi connectivity index (χ0n) is 10.5. The van der Waals surface area contributed by atoms with Crippen LogP contribution in [0.5, 0.6) is 0 Å². The van der Waals surface area contributed by atoms with Crippen molar-refractivity contribution in [1.29, 1.82) is 0 Å². The summed E-state index contributed by atoms with van der Waals surface area (Å²) in [5, 5.41) is 2.62. The zero-order valence-corrected chi connectivity index (χ0v) is 10.5. The van der Waals surface area contributed by atoms with Crippen molar-refractivity contribution in [3.05, 3.63) is 98.1 Å². The van der Waals surface area contributed by atoms with Crippen molar-refractivity contribution in [2.24, 2.45) is 0 Å². The van der Waals surface area contributed by atoms with Gasteiger partial charge in [0.15, 0.2) is 0 Å². The second-order valence-electron chi connectivity index (χ2n) is 3.50. The lowest BCUT2D eigenvalue weighted by Crippen LogP contribution is -1.67. The molecule has 0 saturated carbocycles. The Hall–Kier alpha value is -2.34. The molecule has 0 unspecified atom stereocenters. The molecule has 0 aliphatic carbocycles. The summed E-state index contributed by atoms with van der Waals surface area (Å²) in [4.78, 5) is 0. The summed E-state index contributed by atoms with van der Waals surface area (Å²) >= 11 is 0. The Morgan fingerprint density at radius 3 is 0.833 bits per heavy atom. The van der Waals surface area contributed by atoms with Crippen LogP contribution in [0.3, 0.4) is 0 Å². The Bertz CT molecular complexity index is 449. The maximum atomic E-state index is 3.00. The zero-order chi connectivity index (χ0) is 13.1. The van der Waals surface area contributed by atoms with Crippen LogP contribution in [0.15, 0.2) is 98.1 Å². The Balaban J connectivity index is 0.000000174. The van der Waals surface area contributed by atoms with E-state index in [1.165, 1.54) is 10.8 Å². The van der Waals surface area contributed by atoms with Gasteiger partial charge in [-0.3, -0.25) is 0 Å². The van der Waals surface area contributed by atoms with Gasteiger partial charge in [0.25, 0.3) is 0 Å². The van der Waals surface area contributed by atoms with Gasteiger partial charge >= 0.3 is 0 Å². The van der Waals surface area contributed by atoms with Crippen LogP contribution in [-0.4, -0.2) is 0 Å². The van der Waals surface area contributed by atoms with E-state index in [4.69, 9.17) is 0 Å². The van der Waals surface area contributed by atoms with Crippen LogP contribution in [0.25, 0.3) is 10.8 Å². The fourth-order valence-corrected chi connectivity index (χ4v) is 1.52. The van der Waals surface area contributed by atoms with E-state index in [0.29, 0.717) is 0 Å². The van der Waals surface area contributed by atoms with Crippen molar-refractivity contribution in [1.82, 2.24) is 0 Å². The van der Waals surface area contributed by atoms with E-state index < -0.39 is 0 Å². The molecule has 0 aliphatic rings. The SMILES string of the molecule is C=C.c1ccc2ccccc2c1.c1ccccc1. The summed E-state index contributed by atoms with van der Waals surface area (Å²) in [7, 11) is 0. The molecule has 90 valence electrons. The Kier molecular flexibility index (Phi) is 6.69. The van der Waals surface area contributed by atoms with Gasteiger partial charge in [0.1, 0.15) is 0 Å². The Morgan fingerprint density at radius 2 is 0.611 bits per heavy atom. The number of hydrogen-bond acceptors (Lipinski definition) is 0. The molecule has 18 heavy (non-hydrogen) atoms. The molecular formula is C18H18. The molecule has 0 heteroatoms. The van der Waals surface area contributed by atoms with Crippen LogP contribution in [0.1, 0.15) is 0 Å². The van der Waals surface area contributed by atoms with E-state index in [1.54, 1.807) is 0 Å². The summed E-state index contributed by atoms with van der Waals surface area (Å²) < 4.78 is 0. The third-order valence-electron chi connectivity index (χ3n) is 2.33. The molecule has 3 aromatic carbocycles. The highest BCUT2D eigenvalue weighted by atomic mass is 13.9. The van der Waals surface area contributed by atoms with Crippen molar-refractivity contribution < 1.29 is 0 Å². The van der Waals surface area contributed by atoms with Gasteiger partial charge in [-0.15, -0.1) is 13.2 Å². The molecule has 0 amide bonds. The maximum absolute atomic E-state index is 3.00. The molecule has 3 rings (SSSR count). The minimum absolute atomic E-state index is 1.31. The predicted molar refractivity (Wildman–Crippen MR) is 81.6 cm³/mol. The molecule has 0 spiro atoms. The van der Waals surface area contributed by atoms with Crippen LogP contribution < -0.4 is 0 Å². The Morgan fingerprint density at radius 1 is 0.389 bits per heavy atom. The minimum atomic E-state index is 1.31. The van der Waals surface area contributed by atoms with E-state index in [2.05, 4.69) is 61.7 Å². The highest BCUT2D eigenvalue weighted by Crippen LogP contribution is 2.11. The molecule has 0 heterocycles. The van der Waals surface area contributed by atoms with Crippen LogP contribution in [0.2, 0.25) is 0 Å². The van der Waals surface area contributed by atoms with Crippen molar-refractivity contribution >= 4 is 10.8 Å². The topological polar surface area (TPSA) is 0 Å². The molecule has 0 fully saturated rings. The lowest BCUT2D eigenvalue weighted by Gasteiger charge is -1.92. The van der Waals surface area contributed by atoms with E-state index in [0.717, 1.165) is 0 Å². The quantitative estimate of drug-likeness (QED) is 0.461. The first-order chi connectivity index (χ1) is 8.97. The van der Waals surface area contributed by atoms with E-state index in [-0.39, 0.29) is 0 Å². The first-order valence-corrected chi connectivity index (χ1v) is 5.90. The predicted octanol–water partition coefficient (Wildman–Crippen LogP) is 5.33. The van der Waals surface area contributed by atoms with Gasteiger partial charge in [0.2, 0.25) is 0 Å². The van der Waals surface area contributed by atoms with Gasteiger partial charge in [-0.05, 0) is 10.8 Å². The fraction of sp³-hybridized carbons (Fsp3) is 0. The third kappa shape index (κ3) is 4.67. The highest BCUT2D eigenvalue weighted by Gasteiger charge is 1.85. The van der Waals surface area contributed by atoms with Crippen LogP contribution in [0, 0.1) is 0 Å². The van der Waals surface area contributed by atoms with Gasteiger partial charge in [-0.25, -0.2) is 0 Å². The molecule has 0 aromatic heterocycles. The fourth-order valence-electron chi connectivity index (χ4n) is 1.52. The van der Waals surface area contributed by atoms with Crippen LogP contribution in [-0.2, 0) is 0 Å². The first-order valence-electron chi connectivity index (χ1n) is 5.90. The molecule has 3 aromatic rings. The van der Waals surface area contributed by atoms with Gasteiger partial charge < -0.3 is 0 Å². The highest BCUT2D eigenvalue weighted by molar-refractivity contribution is 5.81. The molecule has 0 saturated heterocycles. The summed E-state index contributed by atoms with van der Waals surface area (Å²) in [6.07, 6.45) is 0. The van der Waals surface area contributed by atoms with Crippen LogP contribution in [0.4, 0.5) is 0 Å². The molecule has 0 N–H and O–H groups in total. The third-order valence-corrected chi connectivity index (χ3v) is 2.33. The molecular weight excluding hydrogens is 216 g/mol. The largest absolute Gasteiger partial charge is 0.106 e. The average Bonchev–Trinajstić information content (AvgIpc) is 2.52. The second-order valence-corrected chi connectivity index (χ2v) is 3.50. The van der Waals surface area contributed by atoms with Crippen molar-refractivity contribution in [2.75, 3.05) is 0 Å². The smallest absolute Gasteiger partial charge is 0.0184 e. The standard InChI is InChI=1S/C10H8.C6H6.C2H4/c1-2-6-10-8-4-3-7-9(10)5-1;1-2-4-6-5-3-1;1-2/h1-8H;1-6H;1-2H2. The number of fused-ring (bicyclic) bond motifs is 1. The molecule has 0 bridgehead atoms. The summed E-state index contributed by atoms with van der Waals surface area (Å²) in [5.74, 6) is 0. The lowest BCUT2D eigenvalue weighted by atomic mass is 10.1. The molecule has 0 aliphatic heterocycles. The number of hydrogen-bond donors (Lipinski definition) is 0. The van der Waals surface area contributed by atoms with Crippen LogP contribution >= 0.6 is 0 Å². The van der Waals surface area contributed by atoms with Gasteiger partial charge in [-0.1, -0.05) is 84.9 Å². The first kappa shape index (κ1) is 13.7. The number of benzene rings is 3. The van der Waals surface area contributed by atoms with Crippen molar-refractivity contribution in [3.8, 4) is 0 Å². The normalized spacial score (nSPS) is 8.44. The molecule has 0 radical (unpaired) electrons. The van der Waals surface area contributed by atoms with Gasteiger partial charge in [0, 0.05) is 0 Å². The average molecular weight is 234 g/mol. The second kappa shape index (κ2) is 8.77. The van der Waals surface area contributed by atoms with Crippen molar-refractivity contribution in [3.63, 3.8) is 0 Å². The van der Waals surface area contributed by atoms with E-state index in [1.807, 2.05) is 36.4 Å². The van der Waals surface area contributed by atoms with Gasteiger partial charge in [-0.2, -0.15) is 0 Å². The summed E-state index contributed by atoms with van der Waals surface area (Å²) in [6, 6.07) is 28.7. The monoisotopic (exact) mass is 234 g/mol. The van der Waals surface area contributed by atoms with Crippen molar-refractivity contribution in [2.45, 2.75) is 0 Å². The maximum Gasteiger partial charge on any atom is -0.0184 e. The van der Waals surface area contributed by atoms with E-state index in [9.17, 15) is 0 Å². The Labute approximate surface area is 109 Å².